The van der Waals surface area contributed by atoms with E-state index in [0.717, 1.165) is 12.3 Å². The molecule has 0 heterocycles. The molecule has 0 aliphatic heterocycles. The van der Waals surface area contributed by atoms with Crippen molar-refractivity contribution in [3.8, 4) is 0 Å². The predicted octanol–water partition coefficient (Wildman–Crippen LogP) is 0.695. The van der Waals surface area contributed by atoms with Crippen molar-refractivity contribution in [2.24, 2.45) is 0 Å². The molecule has 4 nitrogen and oxygen atoms in total. The zero-order valence-electron chi connectivity index (χ0n) is 7.40. The molecule has 72 valence electrons. The van der Waals surface area contributed by atoms with Crippen LogP contribution in [-0.2, 0) is 19.0 Å². The first-order valence-corrected chi connectivity index (χ1v) is 3.83. The van der Waals surface area contributed by atoms with Gasteiger partial charge in [0.25, 0.3) is 0 Å². The summed E-state index contributed by atoms with van der Waals surface area (Å²) in [7, 11) is 0. The van der Waals surface area contributed by atoms with Gasteiger partial charge in [-0.15, -0.1) is 0 Å². The second kappa shape index (κ2) is 8.71. The molecule has 0 fully saturated rings. The summed E-state index contributed by atoms with van der Waals surface area (Å²) in [4.78, 5) is 10.5. The lowest BCUT2D eigenvalue weighted by Gasteiger charge is -2.02. The maximum absolute atomic E-state index is 10.5. The highest BCUT2D eigenvalue weighted by atomic mass is 16.6. The molecule has 0 saturated heterocycles. The zero-order valence-corrected chi connectivity index (χ0v) is 7.40. The Hall–Kier alpha value is -1.38. The van der Waals surface area contributed by atoms with Crippen LogP contribution in [0.15, 0.2) is 18.9 Å². The highest BCUT2D eigenvalue weighted by Gasteiger charge is 1.94. The average Bonchev–Trinajstić information content (AvgIpc) is 2.16. The third-order valence-corrected chi connectivity index (χ3v) is 1.08. The Balaban J connectivity index is 3.03. The van der Waals surface area contributed by atoms with Crippen molar-refractivity contribution < 1.29 is 19.0 Å². The highest BCUT2D eigenvalue weighted by Crippen LogP contribution is 1.82. The quantitative estimate of drug-likeness (QED) is 0.183. The Morgan fingerprint density at radius 3 is 2.62 bits per heavy atom. The summed E-state index contributed by atoms with van der Waals surface area (Å²) in [6, 6.07) is 0. The van der Waals surface area contributed by atoms with E-state index in [9.17, 15) is 4.79 Å². The maximum Gasteiger partial charge on any atom is 0.330 e. The minimum absolute atomic E-state index is 0.219. The van der Waals surface area contributed by atoms with Crippen LogP contribution in [0.4, 0.5) is 0 Å². The SMILES string of the molecule is [CH+]=COCCOCCOC(=O)C=C. The molecule has 4 heteroatoms. The first-order chi connectivity index (χ1) is 6.31. The Morgan fingerprint density at radius 2 is 2.00 bits per heavy atom. The molecule has 0 aromatic rings. The van der Waals surface area contributed by atoms with Crippen molar-refractivity contribution in [1.82, 2.24) is 0 Å². The molecule has 0 aliphatic rings. The smallest absolute Gasteiger partial charge is 0.330 e. The Morgan fingerprint density at radius 1 is 1.31 bits per heavy atom. The van der Waals surface area contributed by atoms with Gasteiger partial charge in [-0.1, -0.05) is 6.58 Å². The fourth-order valence-electron chi connectivity index (χ4n) is 0.537. The topological polar surface area (TPSA) is 44.8 Å². The van der Waals surface area contributed by atoms with E-state index in [1.54, 1.807) is 0 Å². The Bertz CT molecular complexity index is 165. The summed E-state index contributed by atoms with van der Waals surface area (Å²) in [6.45, 7) is 9.56. The van der Waals surface area contributed by atoms with E-state index < -0.39 is 5.97 Å². The molecular weight excluding hydrogens is 172 g/mol. The fraction of sp³-hybridized carbons (Fsp3) is 0.444. The van der Waals surface area contributed by atoms with Crippen molar-refractivity contribution in [1.29, 1.82) is 0 Å². The van der Waals surface area contributed by atoms with E-state index in [1.165, 1.54) is 0 Å². The second-order valence-electron chi connectivity index (χ2n) is 1.99. The number of esters is 1. The largest absolute Gasteiger partial charge is 0.460 e. The van der Waals surface area contributed by atoms with Gasteiger partial charge in [0.1, 0.15) is 13.2 Å². The van der Waals surface area contributed by atoms with Gasteiger partial charge in [0, 0.05) is 6.08 Å². The van der Waals surface area contributed by atoms with Crippen LogP contribution in [0.2, 0.25) is 0 Å². The molecular formula is C9H13O4+. The third-order valence-electron chi connectivity index (χ3n) is 1.08. The third kappa shape index (κ3) is 8.53. The standard InChI is InChI=1S/C9H13O4/c1-3-9(10)13-8-7-12-6-5-11-4-2/h2-4H,1,5-8H2/q+1. The predicted molar refractivity (Wildman–Crippen MR) is 46.8 cm³/mol. The summed E-state index contributed by atoms with van der Waals surface area (Å²) < 4.78 is 14.3. The van der Waals surface area contributed by atoms with Gasteiger partial charge in [0.15, 0.2) is 0 Å². The van der Waals surface area contributed by atoms with E-state index in [2.05, 4.69) is 16.1 Å². The van der Waals surface area contributed by atoms with Gasteiger partial charge in [0.2, 0.25) is 6.58 Å². The molecule has 0 radical (unpaired) electrons. The highest BCUT2D eigenvalue weighted by molar-refractivity contribution is 5.81. The van der Waals surface area contributed by atoms with Gasteiger partial charge in [-0.2, -0.15) is 0 Å². The molecule has 0 aliphatic carbocycles. The van der Waals surface area contributed by atoms with Crippen LogP contribution in [0.3, 0.4) is 0 Å². The summed E-state index contributed by atoms with van der Waals surface area (Å²) in [5.41, 5.74) is 0. The van der Waals surface area contributed by atoms with Gasteiger partial charge >= 0.3 is 12.2 Å². The van der Waals surface area contributed by atoms with Crippen molar-refractivity contribution in [2.45, 2.75) is 0 Å². The van der Waals surface area contributed by atoms with Gasteiger partial charge in [-0.05, 0) is 0 Å². The number of carbonyl (C=O) groups is 1. The second-order valence-corrected chi connectivity index (χ2v) is 1.99. The lowest BCUT2D eigenvalue weighted by Crippen LogP contribution is -2.10. The van der Waals surface area contributed by atoms with Crippen molar-refractivity contribution in [2.75, 3.05) is 26.4 Å². The molecule has 0 atom stereocenters. The minimum atomic E-state index is -0.449. The van der Waals surface area contributed by atoms with Crippen LogP contribution >= 0.6 is 0 Å². The lowest BCUT2D eigenvalue weighted by atomic mass is 10.6. The van der Waals surface area contributed by atoms with E-state index in [-0.39, 0.29) is 6.61 Å². The molecule has 0 N–H and O–H groups in total. The molecule has 0 unspecified atom stereocenters. The Labute approximate surface area is 77.8 Å². The van der Waals surface area contributed by atoms with Crippen LogP contribution in [0.1, 0.15) is 0 Å². The van der Waals surface area contributed by atoms with Gasteiger partial charge in [-0.3, -0.25) is 0 Å². The van der Waals surface area contributed by atoms with E-state index >= 15 is 0 Å². The number of carbonyl (C=O) groups excluding carboxylic acids is 1. The van der Waals surface area contributed by atoms with Crippen molar-refractivity contribution in [3.63, 3.8) is 0 Å². The van der Waals surface area contributed by atoms with E-state index in [0.29, 0.717) is 19.8 Å². The first-order valence-electron chi connectivity index (χ1n) is 3.83. The van der Waals surface area contributed by atoms with Crippen molar-refractivity contribution >= 4 is 5.97 Å². The molecule has 0 aromatic heterocycles. The van der Waals surface area contributed by atoms with Crippen LogP contribution < -0.4 is 0 Å². The zero-order chi connectivity index (χ0) is 9.94. The molecule has 13 heavy (non-hydrogen) atoms. The summed E-state index contributed by atoms with van der Waals surface area (Å²) in [5.74, 6) is -0.449. The molecule has 0 bridgehead atoms. The minimum Gasteiger partial charge on any atom is -0.460 e. The fourth-order valence-corrected chi connectivity index (χ4v) is 0.537. The first kappa shape index (κ1) is 11.6. The van der Waals surface area contributed by atoms with Gasteiger partial charge in [-0.25, -0.2) is 4.79 Å². The number of hydrogen-bond donors (Lipinski definition) is 0. The Kier molecular flexibility index (Phi) is 7.79. The van der Waals surface area contributed by atoms with Crippen molar-refractivity contribution in [3.05, 3.63) is 25.5 Å². The molecule has 0 rings (SSSR count). The molecule has 0 saturated carbocycles. The van der Waals surface area contributed by atoms with E-state index in [4.69, 9.17) is 11.3 Å². The van der Waals surface area contributed by atoms with E-state index in [1.807, 2.05) is 0 Å². The van der Waals surface area contributed by atoms with Crippen LogP contribution in [0, 0.1) is 6.58 Å². The number of ether oxygens (including phenoxy) is 3. The molecule has 0 amide bonds. The van der Waals surface area contributed by atoms with Gasteiger partial charge in [0.05, 0.1) is 13.2 Å². The van der Waals surface area contributed by atoms with Crippen LogP contribution in [0.25, 0.3) is 0 Å². The maximum atomic E-state index is 10.5. The summed E-state index contributed by atoms with van der Waals surface area (Å²) >= 11 is 0. The van der Waals surface area contributed by atoms with Crippen LogP contribution in [-0.4, -0.2) is 32.4 Å². The monoisotopic (exact) mass is 185 g/mol. The number of rotatable bonds is 8. The average molecular weight is 185 g/mol. The summed E-state index contributed by atoms with van der Waals surface area (Å²) in [5, 5.41) is 0. The number of hydrogen-bond acceptors (Lipinski definition) is 4. The van der Waals surface area contributed by atoms with Crippen LogP contribution in [0.5, 0.6) is 0 Å². The lowest BCUT2D eigenvalue weighted by molar-refractivity contribution is -0.139. The normalized spacial score (nSPS) is 8.85. The molecule has 0 spiro atoms. The van der Waals surface area contributed by atoms with Gasteiger partial charge < -0.3 is 14.2 Å². The summed E-state index contributed by atoms with van der Waals surface area (Å²) in [6.07, 6.45) is 2.20. The molecule has 0 aromatic carbocycles.